The summed E-state index contributed by atoms with van der Waals surface area (Å²) in [6.45, 7) is 0. The van der Waals surface area contributed by atoms with Crippen molar-refractivity contribution in [1.29, 1.82) is 0 Å². The van der Waals surface area contributed by atoms with Gasteiger partial charge in [-0.2, -0.15) is 0 Å². The van der Waals surface area contributed by atoms with Crippen molar-refractivity contribution in [3.8, 4) is 0 Å². The lowest BCUT2D eigenvalue weighted by Crippen LogP contribution is -2.01. The molecule has 4 N–H and O–H groups in total. The first kappa shape index (κ1) is 9.52. The van der Waals surface area contributed by atoms with Gasteiger partial charge in [-0.15, -0.1) is 0 Å². The summed E-state index contributed by atoms with van der Waals surface area (Å²) in [5.74, 6) is 0.112. The molecule has 0 unspecified atom stereocenters. The van der Waals surface area contributed by atoms with E-state index in [-0.39, 0.29) is 5.78 Å². The average Bonchev–Trinajstić information content (AvgIpc) is 2.24. The maximum atomic E-state index is 11.0. The molecule has 0 saturated heterocycles. The summed E-state index contributed by atoms with van der Waals surface area (Å²) in [4.78, 5) is 11.0. The number of nitrogen functional groups attached to an aromatic ring is 2. The number of para-hydroxylation sites is 1. The van der Waals surface area contributed by atoms with Crippen LogP contribution in [0.15, 0.2) is 36.4 Å². The molecule has 0 atom stereocenters. The molecule has 0 fully saturated rings. The minimum Gasteiger partial charge on any atom is -0.397 e. The highest BCUT2D eigenvalue weighted by molar-refractivity contribution is 5.99. The molecule has 1 aromatic rings. The number of allylic oxidation sites excluding steroid dienone is 4. The molecule has 76 valence electrons. The van der Waals surface area contributed by atoms with E-state index in [1.165, 1.54) is 0 Å². The first-order valence-electron chi connectivity index (χ1n) is 4.74. The molecule has 3 heteroatoms. The Bertz CT molecular complexity index is 473. The quantitative estimate of drug-likeness (QED) is 0.679. The van der Waals surface area contributed by atoms with Crippen LogP contribution in [0.3, 0.4) is 0 Å². The molecule has 0 amide bonds. The van der Waals surface area contributed by atoms with Crippen molar-refractivity contribution >= 4 is 22.7 Å². The van der Waals surface area contributed by atoms with Gasteiger partial charge in [0.05, 0.1) is 11.4 Å². The number of carbonyl (C=O) groups excluding carboxylic acids is 1. The number of hydrogen-bond acceptors (Lipinski definition) is 3. The van der Waals surface area contributed by atoms with Crippen LogP contribution in [0, 0.1) is 0 Å². The van der Waals surface area contributed by atoms with Crippen LogP contribution in [0.5, 0.6) is 0 Å². The molecular formula is C12H12N2O. The summed E-state index contributed by atoms with van der Waals surface area (Å²) in [7, 11) is 0. The molecular weight excluding hydrogens is 188 g/mol. The van der Waals surface area contributed by atoms with E-state index >= 15 is 0 Å². The van der Waals surface area contributed by atoms with E-state index in [0.29, 0.717) is 17.8 Å². The molecule has 1 aliphatic carbocycles. The first-order valence-corrected chi connectivity index (χ1v) is 4.74. The predicted molar refractivity (Wildman–Crippen MR) is 62.0 cm³/mol. The molecule has 2 rings (SSSR count). The number of carbonyl (C=O) groups is 1. The van der Waals surface area contributed by atoms with Crippen LogP contribution >= 0.6 is 0 Å². The van der Waals surface area contributed by atoms with Crippen LogP contribution < -0.4 is 11.5 Å². The van der Waals surface area contributed by atoms with Crippen molar-refractivity contribution in [3.63, 3.8) is 0 Å². The lowest BCUT2D eigenvalue weighted by molar-refractivity contribution is -0.113. The van der Waals surface area contributed by atoms with Crippen LogP contribution in [0.25, 0.3) is 5.57 Å². The summed E-state index contributed by atoms with van der Waals surface area (Å²) in [6, 6.07) is 5.51. The standard InChI is InChI=1S/C12H12N2O/c13-11-3-1-2-10(12(11)14)8-4-6-9(15)7-5-8/h1-6H,7,13-14H2. The molecule has 0 saturated carbocycles. The summed E-state index contributed by atoms with van der Waals surface area (Å²) < 4.78 is 0. The fourth-order valence-electron chi connectivity index (χ4n) is 1.56. The third kappa shape index (κ3) is 1.76. The molecule has 1 aliphatic rings. The van der Waals surface area contributed by atoms with E-state index < -0.39 is 0 Å². The van der Waals surface area contributed by atoms with Crippen LogP contribution in [0.4, 0.5) is 11.4 Å². The topological polar surface area (TPSA) is 69.1 Å². The van der Waals surface area contributed by atoms with Gasteiger partial charge in [-0.3, -0.25) is 4.79 Å². The van der Waals surface area contributed by atoms with Gasteiger partial charge in [-0.25, -0.2) is 0 Å². The number of benzene rings is 1. The predicted octanol–water partition coefficient (Wildman–Crippen LogP) is 1.76. The summed E-state index contributed by atoms with van der Waals surface area (Å²) in [5.41, 5.74) is 14.6. The van der Waals surface area contributed by atoms with Crippen molar-refractivity contribution < 1.29 is 4.79 Å². The Morgan fingerprint density at radius 3 is 2.60 bits per heavy atom. The van der Waals surface area contributed by atoms with E-state index in [9.17, 15) is 4.79 Å². The number of anilines is 2. The number of hydrogen-bond donors (Lipinski definition) is 2. The molecule has 0 heterocycles. The fourth-order valence-corrected chi connectivity index (χ4v) is 1.56. The van der Waals surface area contributed by atoms with Gasteiger partial charge in [0.25, 0.3) is 0 Å². The number of ketones is 1. The summed E-state index contributed by atoms with van der Waals surface area (Å²) in [5, 5.41) is 0. The number of nitrogens with two attached hydrogens (primary N) is 2. The highest BCUT2D eigenvalue weighted by Gasteiger charge is 2.09. The van der Waals surface area contributed by atoms with E-state index in [4.69, 9.17) is 11.5 Å². The SMILES string of the molecule is Nc1cccc(C2=CCC(=O)C=C2)c1N. The lowest BCUT2D eigenvalue weighted by atomic mass is 9.97. The molecule has 15 heavy (non-hydrogen) atoms. The second kappa shape index (κ2) is 3.61. The summed E-state index contributed by atoms with van der Waals surface area (Å²) in [6.07, 6.45) is 5.64. The minimum absolute atomic E-state index is 0.112. The van der Waals surface area contributed by atoms with Crippen molar-refractivity contribution in [2.45, 2.75) is 6.42 Å². The van der Waals surface area contributed by atoms with Gasteiger partial charge in [-0.05, 0) is 17.7 Å². The Morgan fingerprint density at radius 2 is 1.93 bits per heavy atom. The van der Waals surface area contributed by atoms with E-state index in [1.54, 1.807) is 18.2 Å². The van der Waals surface area contributed by atoms with Gasteiger partial charge in [0, 0.05) is 12.0 Å². The fraction of sp³-hybridized carbons (Fsp3) is 0.0833. The molecule has 0 bridgehead atoms. The third-order valence-electron chi connectivity index (χ3n) is 2.42. The van der Waals surface area contributed by atoms with Crippen molar-refractivity contribution in [3.05, 3.63) is 42.0 Å². The van der Waals surface area contributed by atoms with Crippen LogP contribution in [0.2, 0.25) is 0 Å². The van der Waals surface area contributed by atoms with E-state index in [2.05, 4.69) is 0 Å². The van der Waals surface area contributed by atoms with Crippen molar-refractivity contribution in [2.24, 2.45) is 0 Å². The highest BCUT2D eigenvalue weighted by atomic mass is 16.1. The smallest absolute Gasteiger partial charge is 0.159 e. The zero-order chi connectivity index (χ0) is 10.8. The molecule has 3 nitrogen and oxygen atoms in total. The van der Waals surface area contributed by atoms with Crippen LogP contribution in [-0.2, 0) is 4.79 Å². The van der Waals surface area contributed by atoms with Gasteiger partial charge in [0.1, 0.15) is 0 Å². The zero-order valence-corrected chi connectivity index (χ0v) is 8.23. The van der Waals surface area contributed by atoms with Gasteiger partial charge < -0.3 is 11.5 Å². The Kier molecular flexibility index (Phi) is 2.29. The van der Waals surface area contributed by atoms with Gasteiger partial charge in [0.2, 0.25) is 0 Å². The summed E-state index contributed by atoms with van der Waals surface area (Å²) >= 11 is 0. The van der Waals surface area contributed by atoms with E-state index in [0.717, 1.165) is 11.1 Å². The van der Waals surface area contributed by atoms with E-state index in [1.807, 2.05) is 18.2 Å². The highest BCUT2D eigenvalue weighted by Crippen LogP contribution is 2.28. The zero-order valence-electron chi connectivity index (χ0n) is 8.23. The Balaban J connectivity index is 2.43. The second-order valence-electron chi connectivity index (χ2n) is 3.47. The Labute approximate surface area is 88.1 Å². The molecule has 1 aromatic carbocycles. The monoisotopic (exact) mass is 200 g/mol. The second-order valence-corrected chi connectivity index (χ2v) is 3.47. The maximum Gasteiger partial charge on any atom is 0.159 e. The van der Waals surface area contributed by atoms with Gasteiger partial charge in [0.15, 0.2) is 5.78 Å². The third-order valence-corrected chi connectivity index (χ3v) is 2.42. The Hall–Kier alpha value is -2.03. The minimum atomic E-state index is 0.112. The van der Waals surface area contributed by atoms with Gasteiger partial charge in [-0.1, -0.05) is 24.3 Å². The average molecular weight is 200 g/mol. The van der Waals surface area contributed by atoms with Crippen LogP contribution in [-0.4, -0.2) is 5.78 Å². The largest absolute Gasteiger partial charge is 0.397 e. The Morgan fingerprint density at radius 1 is 1.13 bits per heavy atom. The normalized spacial score (nSPS) is 15.2. The van der Waals surface area contributed by atoms with Crippen molar-refractivity contribution in [1.82, 2.24) is 0 Å². The van der Waals surface area contributed by atoms with Crippen LogP contribution in [0.1, 0.15) is 12.0 Å². The maximum absolute atomic E-state index is 11.0. The first-order chi connectivity index (χ1) is 7.18. The molecule has 0 aliphatic heterocycles. The molecule has 0 spiro atoms. The lowest BCUT2D eigenvalue weighted by Gasteiger charge is -2.11. The van der Waals surface area contributed by atoms with Gasteiger partial charge >= 0.3 is 0 Å². The molecule has 0 aromatic heterocycles. The van der Waals surface area contributed by atoms with Crippen molar-refractivity contribution in [2.75, 3.05) is 11.5 Å². The molecule has 0 radical (unpaired) electrons. The number of rotatable bonds is 1.